The molecule has 0 saturated heterocycles. The Morgan fingerprint density at radius 3 is 2.47 bits per heavy atom. The summed E-state index contributed by atoms with van der Waals surface area (Å²) in [5.74, 6) is -2.96. The third-order valence-corrected chi connectivity index (χ3v) is 1.86. The lowest BCUT2D eigenvalue weighted by molar-refractivity contribution is -0.152. The zero-order valence-electron chi connectivity index (χ0n) is 7.99. The number of carbonyl (C=O) groups is 1. The third kappa shape index (κ3) is 2.14. The summed E-state index contributed by atoms with van der Waals surface area (Å²) >= 11 is 0. The van der Waals surface area contributed by atoms with Crippen LogP contribution in [-0.2, 0) is 6.18 Å². The highest BCUT2D eigenvalue weighted by Crippen LogP contribution is 2.33. The van der Waals surface area contributed by atoms with Gasteiger partial charge >= 0.3 is 12.1 Å². The van der Waals surface area contributed by atoms with Crippen molar-refractivity contribution < 1.29 is 32.0 Å². The van der Waals surface area contributed by atoms with Crippen molar-refractivity contribution in [2.45, 2.75) is 6.18 Å². The number of hydrogen-bond acceptors (Lipinski definition) is 4. The Bertz CT molecular complexity index is 555. The van der Waals surface area contributed by atoms with Crippen LogP contribution in [0, 0.1) is 0 Å². The number of furan rings is 1. The molecule has 0 fully saturated rings. The molecule has 2 aromatic rings. The second-order valence-corrected chi connectivity index (χ2v) is 3.04. The van der Waals surface area contributed by atoms with Gasteiger partial charge in [-0.25, -0.2) is 4.79 Å². The van der Waals surface area contributed by atoms with E-state index in [-0.39, 0.29) is 11.5 Å². The number of carboxylic acid groups (broad SMARTS) is 1. The van der Waals surface area contributed by atoms with Gasteiger partial charge in [0.2, 0.25) is 11.5 Å². The number of carboxylic acids is 1. The fourth-order valence-electron chi connectivity index (χ4n) is 1.11. The molecule has 0 aromatic carbocycles. The fourth-order valence-corrected chi connectivity index (χ4v) is 1.11. The molecule has 2 rings (SSSR count). The van der Waals surface area contributed by atoms with E-state index in [0.717, 1.165) is 18.2 Å². The molecule has 0 amide bonds. The van der Waals surface area contributed by atoms with Gasteiger partial charge in [-0.1, -0.05) is 5.16 Å². The van der Waals surface area contributed by atoms with Crippen molar-refractivity contribution in [2.75, 3.05) is 0 Å². The second kappa shape index (κ2) is 3.65. The largest absolute Gasteiger partial charge is 0.476 e. The number of alkyl halides is 3. The summed E-state index contributed by atoms with van der Waals surface area (Å²) in [6.45, 7) is 0. The fraction of sp³-hybridized carbons (Fsp3) is 0.111. The van der Waals surface area contributed by atoms with Crippen molar-refractivity contribution in [3.05, 3.63) is 29.7 Å². The van der Waals surface area contributed by atoms with E-state index in [4.69, 9.17) is 5.11 Å². The van der Waals surface area contributed by atoms with Gasteiger partial charge in [-0.05, 0) is 12.1 Å². The van der Waals surface area contributed by atoms with Crippen molar-refractivity contribution in [2.24, 2.45) is 0 Å². The predicted molar refractivity (Wildman–Crippen MR) is 46.2 cm³/mol. The maximum absolute atomic E-state index is 12.2. The van der Waals surface area contributed by atoms with E-state index in [1.165, 1.54) is 0 Å². The smallest absolute Gasteiger partial charge is 0.449 e. The Kier molecular flexibility index (Phi) is 2.41. The summed E-state index contributed by atoms with van der Waals surface area (Å²) in [5.41, 5.74) is -0.412. The van der Waals surface area contributed by atoms with E-state index in [1.807, 2.05) is 0 Å². The van der Waals surface area contributed by atoms with Crippen LogP contribution < -0.4 is 0 Å². The highest BCUT2D eigenvalue weighted by Gasteiger charge is 2.35. The molecule has 90 valence electrons. The van der Waals surface area contributed by atoms with Crippen LogP contribution in [0.4, 0.5) is 13.2 Å². The first-order valence-corrected chi connectivity index (χ1v) is 4.25. The molecule has 0 unspecified atom stereocenters. The molecule has 0 aliphatic heterocycles. The Hall–Kier alpha value is -2.25. The van der Waals surface area contributed by atoms with Gasteiger partial charge in [0, 0.05) is 6.07 Å². The van der Waals surface area contributed by atoms with E-state index in [1.54, 1.807) is 0 Å². The van der Waals surface area contributed by atoms with Crippen molar-refractivity contribution >= 4 is 5.97 Å². The molecular formula is C9H4F3NO4. The van der Waals surface area contributed by atoms with Crippen LogP contribution in [0.15, 0.2) is 27.1 Å². The van der Waals surface area contributed by atoms with Gasteiger partial charge < -0.3 is 14.0 Å². The SMILES string of the molecule is O=C(O)c1cc(-c2ccc(C(F)(F)F)o2)on1. The summed E-state index contributed by atoms with van der Waals surface area (Å²) < 4.78 is 45.7. The molecule has 8 heteroatoms. The van der Waals surface area contributed by atoms with E-state index in [9.17, 15) is 18.0 Å². The van der Waals surface area contributed by atoms with Gasteiger partial charge in [0.05, 0.1) is 0 Å². The first-order valence-electron chi connectivity index (χ1n) is 4.25. The topological polar surface area (TPSA) is 76.5 Å². The zero-order valence-corrected chi connectivity index (χ0v) is 7.99. The van der Waals surface area contributed by atoms with Crippen LogP contribution in [0.1, 0.15) is 16.2 Å². The molecule has 17 heavy (non-hydrogen) atoms. The van der Waals surface area contributed by atoms with Gasteiger partial charge in [-0.3, -0.25) is 0 Å². The molecule has 5 nitrogen and oxygen atoms in total. The quantitative estimate of drug-likeness (QED) is 0.882. The Labute approximate surface area is 91.4 Å². The van der Waals surface area contributed by atoms with E-state index in [2.05, 4.69) is 14.1 Å². The van der Waals surface area contributed by atoms with Gasteiger partial charge in [0.25, 0.3) is 0 Å². The van der Waals surface area contributed by atoms with Crippen molar-refractivity contribution in [3.63, 3.8) is 0 Å². The van der Waals surface area contributed by atoms with Crippen molar-refractivity contribution in [1.82, 2.24) is 5.16 Å². The van der Waals surface area contributed by atoms with Gasteiger partial charge in [-0.15, -0.1) is 0 Å². The summed E-state index contributed by atoms with van der Waals surface area (Å²) in [6, 6.07) is 2.72. The van der Waals surface area contributed by atoms with Crippen LogP contribution in [0.3, 0.4) is 0 Å². The first kappa shape index (κ1) is 11.2. The summed E-state index contributed by atoms with van der Waals surface area (Å²) in [6.07, 6.45) is -4.60. The summed E-state index contributed by atoms with van der Waals surface area (Å²) in [5, 5.41) is 11.7. The van der Waals surface area contributed by atoms with E-state index >= 15 is 0 Å². The molecular weight excluding hydrogens is 243 g/mol. The number of rotatable bonds is 2. The van der Waals surface area contributed by atoms with E-state index in [0.29, 0.717) is 0 Å². The Morgan fingerprint density at radius 1 is 1.29 bits per heavy atom. The van der Waals surface area contributed by atoms with Gasteiger partial charge in [0.15, 0.2) is 11.5 Å². The lowest BCUT2D eigenvalue weighted by Crippen LogP contribution is -2.01. The van der Waals surface area contributed by atoms with E-state index < -0.39 is 23.6 Å². The first-order chi connectivity index (χ1) is 7.88. The number of halogens is 3. The lowest BCUT2D eigenvalue weighted by Gasteiger charge is -1.99. The number of hydrogen-bond donors (Lipinski definition) is 1. The van der Waals surface area contributed by atoms with Crippen LogP contribution in [0.25, 0.3) is 11.5 Å². The number of aromatic carboxylic acids is 1. The molecule has 2 aromatic heterocycles. The Balaban J connectivity index is 2.34. The molecule has 0 aliphatic carbocycles. The molecule has 0 bridgehead atoms. The predicted octanol–water partition coefficient (Wildman–Crippen LogP) is 2.65. The minimum Gasteiger partial charge on any atom is -0.476 e. The van der Waals surface area contributed by atoms with Gasteiger partial charge in [0.1, 0.15) is 0 Å². The van der Waals surface area contributed by atoms with Crippen LogP contribution in [-0.4, -0.2) is 16.2 Å². The molecule has 2 heterocycles. The monoisotopic (exact) mass is 247 g/mol. The van der Waals surface area contributed by atoms with Crippen molar-refractivity contribution in [3.8, 4) is 11.5 Å². The normalized spacial score (nSPS) is 11.7. The zero-order chi connectivity index (χ0) is 12.6. The van der Waals surface area contributed by atoms with Crippen LogP contribution >= 0.6 is 0 Å². The lowest BCUT2D eigenvalue weighted by atomic mass is 10.3. The van der Waals surface area contributed by atoms with Gasteiger partial charge in [-0.2, -0.15) is 13.2 Å². The highest BCUT2D eigenvalue weighted by atomic mass is 19.4. The maximum atomic E-state index is 12.2. The molecule has 1 N–H and O–H groups in total. The minimum absolute atomic E-state index is 0.182. The molecule has 0 saturated carbocycles. The number of nitrogens with zero attached hydrogens (tertiary/aromatic N) is 1. The maximum Gasteiger partial charge on any atom is 0.449 e. The summed E-state index contributed by atoms with van der Waals surface area (Å²) in [7, 11) is 0. The highest BCUT2D eigenvalue weighted by molar-refractivity contribution is 5.86. The third-order valence-electron chi connectivity index (χ3n) is 1.86. The average Bonchev–Trinajstić information content (AvgIpc) is 2.85. The number of aromatic nitrogens is 1. The van der Waals surface area contributed by atoms with Crippen LogP contribution in [0.2, 0.25) is 0 Å². The standard InChI is InChI=1S/C9H4F3NO4/c10-9(11,12)7-2-1-5(16-7)6-3-4(8(14)15)13-17-6/h1-3H,(H,14,15). The molecule has 0 atom stereocenters. The summed E-state index contributed by atoms with van der Waals surface area (Å²) in [4.78, 5) is 10.5. The average molecular weight is 247 g/mol. The van der Waals surface area contributed by atoms with Crippen LogP contribution in [0.5, 0.6) is 0 Å². The minimum atomic E-state index is -4.60. The van der Waals surface area contributed by atoms with Crippen molar-refractivity contribution in [1.29, 1.82) is 0 Å². The molecule has 0 spiro atoms. The molecule has 0 radical (unpaired) electrons. The second-order valence-electron chi connectivity index (χ2n) is 3.04. The Morgan fingerprint density at radius 2 is 2.00 bits per heavy atom. The molecule has 0 aliphatic rings.